The van der Waals surface area contributed by atoms with Crippen molar-refractivity contribution in [1.82, 2.24) is 0 Å². The fourth-order valence-corrected chi connectivity index (χ4v) is 1.75. The molecule has 0 fully saturated rings. The third-order valence-electron chi connectivity index (χ3n) is 2.31. The van der Waals surface area contributed by atoms with E-state index in [0.29, 0.717) is 16.7 Å². The van der Waals surface area contributed by atoms with Crippen molar-refractivity contribution in [3.63, 3.8) is 0 Å². The van der Waals surface area contributed by atoms with E-state index in [0.717, 1.165) is 0 Å². The SMILES string of the molecule is COc1ccc2c(=O)cc(COP(O)O)oc2c1. The van der Waals surface area contributed by atoms with Crippen LogP contribution in [0.3, 0.4) is 0 Å². The predicted octanol–water partition coefficient (Wildman–Crippen LogP) is 1.53. The monoisotopic (exact) mass is 270 g/mol. The molecule has 96 valence electrons. The van der Waals surface area contributed by atoms with Gasteiger partial charge in [-0.15, -0.1) is 0 Å². The average molecular weight is 270 g/mol. The summed E-state index contributed by atoms with van der Waals surface area (Å²) in [5.41, 5.74) is 0.137. The Bertz CT molecular complexity index is 606. The molecule has 0 aliphatic carbocycles. The van der Waals surface area contributed by atoms with E-state index in [-0.39, 0.29) is 17.8 Å². The Labute approximate surface area is 103 Å². The van der Waals surface area contributed by atoms with Gasteiger partial charge in [0, 0.05) is 12.1 Å². The highest BCUT2D eigenvalue weighted by Gasteiger charge is 2.08. The Balaban J connectivity index is 2.42. The number of fused-ring (bicyclic) bond motifs is 1. The lowest BCUT2D eigenvalue weighted by Gasteiger charge is -2.05. The third kappa shape index (κ3) is 2.86. The second kappa shape index (κ2) is 5.46. The first-order chi connectivity index (χ1) is 8.60. The van der Waals surface area contributed by atoms with E-state index in [4.69, 9.17) is 18.9 Å². The maximum Gasteiger partial charge on any atom is 0.327 e. The predicted molar refractivity (Wildman–Crippen MR) is 65.2 cm³/mol. The summed E-state index contributed by atoms with van der Waals surface area (Å²) in [7, 11) is -0.962. The van der Waals surface area contributed by atoms with Crippen LogP contribution in [-0.4, -0.2) is 16.9 Å². The van der Waals surface area contributed by atoms with Crippen molar-refractivity contribution < 1.29 is 23.5 Å². The van der Waals surface area contributed by atoms with E-state index >= 15 is 0 Å². The van der Waals surface area contributed by atoms with Crippen molar-refractivity contribution in [2.24, 2.45) is 0 Å². The highest BCUT2D eigenvalue weighted by Crippen LogP contribution is 2.27. The van der Waals surface area contributed by atoms with Crippen LogP contribution in [0, 0.1) is 0 Å². The largest absolute Gasteiger partial charge is 0.497 e. The van der Waals surface area contributed by atoms with Crippen LogP contribution in [0.4, 0.5) is 0 Å². The molecule has 1 aromatic carbocycles. The molecule has 0 unspecified atom stereocenters. The van der Waals surface area contributed by atoms with Crippen LogP contribution in [0.1, 0.15) is 5.76 Å². The Morgan fingerprint density at radius 2 is 2.11 bits per heavy atom. The molecule has 2 aromatic rings. The minimum Gasteiger partial charge on any atom is -0.497 e. The van der Waals surface area contributed by atoms with Crippen LogP contribution in [0.2, 0.25) is 0 Å². The lowest BCUT2D eigenvalue weighted by molar-refractivity contribution is 0.225. The molecule has 0 saturated heterocycles. The highest BCUT2D eigenvalue weighted by molar-refractivity contribution is 7.39. The summed E-state index contributed by atoms with van der Waals surface area (Å²) in [6.45, 7) is -0.179. The summed E-state index contributed by atoms with van der Waals surface area (Å²) in [5.74, 6) is 0.784. The number of rotatable bonds is 4. The molecule has 2 N–H and O–H groups in total. The van der Waals surface area contributed by atoms with Gasteiger partial charge in [-0.05, 0) is 12.1 Å². The molecule has 0 amide bonds. The van der Waals surface area contributed by atoms with Crippen LogP contribution in [-0.2, 0) is 11.1 Å². The number of hydrogen-bond acceptors (Lipinski definition) is 6. The van der Waals surface area contributed by atoms with E-state index in [9.17, 15) is 4.79 Å². The summed E-state index contributed by atoms with van der Waals surface area (Å²) in [5, 5.41) is 0.426. The Morgan fingerprint density at radius 3 is 2.78 bits per heavy atom. The van der Waals surface area contributed by atoms with E-state index < -0.39 is 8.60 Å². The normalized spacial score (nSPS) is 11.1. The minimum absolute atomic E-state index is 0.179. The molecule has 1 aromatic heterocycles. The summed E-state index contributed by atoms with van der Waals surface area (Å²) in [6.07, 6.45) is 0. The van der Waals surface area contributed by atoms with E-state index in [1.54, 1.807) is 18.2 Å². The van der Waals surface area contributed by atoms with Crippen molar-refractivity contribution in [3.05, 3.63) is 40.2 Å². The second-order valence-corrected chi connectivity index (χ2v) is 4.23. The molecule has 0 aliphatic rings. The molecule has 0 radical (unpaired) electrons. The fraction of sp³-hybridized carbons (Fsp3) is 0.182. The third-order valence-corrected chi connectivity index (χ3v) is 2.67. The van der Waals surface area contributed by atoms with Gasteiger partial charge in [0.15, 0.2) is 5.43 Å². The van der Waals surface area contributed by atoms with Crippen LogP contribution in [0.15, 0.2) is 33.5 Å². The van der Waals surface area contributed by atoms with Crippen molar-refractivity contribution in [2.75, 3.05) is 7.11 Å². The van der Waals surface area contributed by atoms with Crippen molar-refractivity contribution in [1.29, 1.82) is 0 Å². The molecule has 0 bridgehead atoms. The second-order valence-electron chi connectivity index (χ2n) is 3.47. The smallest absolute Gasteiger partial charge is 0.327 e. The van der Waals surface area contributed by atoms with Gasteiger partial charge in [-0.3, -0.25) is 4.79 Å². The Kier molecular flexibility index (Phi) is 3.93. The van der Waals surface area contributed by atoms with Gasteiger partial charge in [0.2, 0.25) is 0 Å². The molecule has 18 heavy (non-hydrogen) atoms. The minimum atomic E-state index is -2.47. The molecule has 2 rings (SSSR count). The topological polar surface area (TPSA) is 89.1 Å². The zero-order valence-electron chi connectivity index (χ0n) is 9.49. The summed E-state index contributed by atoms with van der Waals surface area (Å²) in [6, 6.07) is 6.11. The number of ether oxygens (including phenoxy) is 1. The summed E-state index contributed by atoms with van der Waals surface area (Å²) < 4.78 is 15.0. The molecular weight excluding hydrogens is 259 g/mol. The van der Waals surface area contributed by atoms with Crippen LogP contribution >= 0.6 is 8.60 Å². The van der Waals surface area contributed by atoms with Crippen molar-refractivity contribution in [2.45, 2.75) is 6.61 Å². The van der Waals surface area contributed by atoms with Gasteiger partial charge in [0.25, 0.3) is 0 Å². The zero-order chi connectivity index (χ0) is 13.1. The first kappa shape index (κ1) is 13.0. The maximum absolute atomic E-state index is 11.8. The Hall–Kier alpha value is -1.46. The van der Waals surface area contributed by atoms with Crippen molar-refractivity contribution >= 4 is 19.6 Å². The Morgan fingerprint density at radius 1 is 1.33 bits per heavy atom. The van der Waals surface area contributed by atoms with Gasteiger partial charge >= 0.3 is 8.60 Å². The van der Waals surface area contributed by atoms with Crippen LogP contribution in [0.5, 0.6) is 5.75 Å². The summed E-state index contributed by atoms with van der Waals surface area (Å²) in [4.78, 5) is 29.0. The summed E-state index contributed by atoms with van der Waals surface area (Å²) >= 11 is 0. The molecular formula is C11H11O6P. The van der Waals surface area contributed by atoms with Gasteiger partial charge in [-0.1, -0.05) is 0 Å². The average Bonchev–Trinajstić information content (AvgIpc) is 2.35. The number of methoxy groups -OCH3 is 1. The first-order valence-electron chi connectivity index (χ1n) is 5.01. The number of benzene rings is 1. The van der Waals surface area contributed by atoms with Crippen LogP contribution in [0.25, 0.3) is 11.0 Å². The molecule has 0 saturated carbocycles. The fourth-order valence-electron chi connectivity index (χ4n) is 1.50. The molecule has 0 atom stereocenters. The quantitative estimate of drug-likeness (QED) is 0.819. The lowest BCUT2D eigenvalue weighted by atomic mass is 10.2. The van der Waals surface area contributed by atoms with Gasteiger partial charge in [-0.2, -0.15) is 0 Å². The van der Waals surface area contributed by atoms with Gasteiger partial charge in [0.05, 0.1) is 12.5 Å². The van der Waals surface area contributed by atoms with E-state index in [2.05, 4.69) is 4.52 Å². The highest BCUT2D eigenvalue weighted by atomic mass is 31.2. The first-order valence-corrected chi connectivity index (χ1v) is 6.18. The molecule has 0 aliphatic heterocycles. The van der Waals surface area contributed by atoms with Gasteiger partial charge in [0.1, 0.15) is 23.7 Å². The van der Waals surface area contributed by atoms with Gasteiger partial charge < -0.3 is 23.5 Å². The zero-order valence-corrected chi connectivity index (χ0v) is 10.4. The number of hydrogen-bond donors (Lipinski definition) is 2. The van der Waals surface area contributed by atoms with Crippen molar-refractivity contribution in [3.8, 4) is 5.75 Å². The molecule has 7 heteroatoms. The van der Waals surface area contributed by atoms with Crippen LogP contribution < -0.4 is 10.2 Å². The molecule has 6 nitrogen and oxygen atoms in total. The molecule has 0 spiro atoms. The lowest BCUT2D eigenvalue weighted by Crippen LogP contribution is -2.03. The van der Waals surface area contributed by atoms with E-state index in [1.165, 1.54) is 13.2 Å². The molecule has 1 heterocycles. The van der Waals surface area contributed by atoms with Gasteiger partial charge in [-0.25, -0.2) is 0 Å². The maximum atomic E-state index is 11.8. The van der Waals surface area contributed by atoms with E-state index in [1.807, 2.05) is 0 Å². The standard InChI is InChI=1S/C11H11O6P/c1-15-7-2-3-9-10(12)4-8(6-16-18(13)14)17-11(9)5-7/h2-5,13-14H,6H2,1H3.